The molecule has 1 atom stereocenters. The number of methoxy groups -OCH3 is 1. The van der Waals surface area contributed by atoms with Crippen molar-refractivity contribution in [3.63, 3.8) is 0 Å². The number of ether oxygens (including phenoxy) is 1. The molecule has 0 aliphatic heterocycles. The van der Waals surface area contributed by atoms with Gasteiger partial charge in [0, 0.05) is 4.11 Å². The molecule has 0 bridgehead atoms. The Hall–Kier alpha value is -1.10. The summed E-state index contributed by atoms with van der Waals surface area (Å²) in [5, 5.41) is 18.0. The molecule has 0 radical (unpaired) electrons. The molecule has 0 saturated heterocycles. The van der Waals surface area contributed by atoms with Gasteiger partial charge in [0.05, 0.1) is 25.6 Å². The fraction of sp³-hybridized carbons (Fsp3) is 0.714. The standard InChI is InChI=1S/C7H12O5/c1-7(11,3-5(8)9)4-6(10)12-2/h11H,3-4H2,1-2H3,(H,8,9)/i1D3. The lowest BCUT2D eigenvalue weighted by atomic mass is 9.98. The molecule has 0 fully saturated rings. The molecule has 70 valence electrons. The third kappa shape index (κ3) is 4.68. The van der Waals surface area contributed by atoms with E-state index in [1.807, 2.05) is 0 Å². The van der Waals surface area contributed by atoms with Gasteiger partial charge in [0.2, 0.25) is 0 Å². The molecule has 0 spiro atoms. The van der Waals surface area contributed by atoms with Gasteiger partial charge in [-0.1, -0.05) is 0 Å². The molecule has 0 aromatic carbocycles. The number of esters is 1. The smallest absolute Gasteiger partial charge is 0.308 e. The Bertz CT molecular complexity index is 262. The van der Waals surface area contributed by atoms with Gasteiger partial charge >= 0.3 is 11.9 Å². The van der Waals surface area contributed by atoms with Gasteiger partial charge in [-0.05, 0) is 6.85 Å². The number of carbonyl (C=O) groups excluding carboxylic acids is 1. The highest BCUT2D eigenvalue weighted by Gasteiger charge is 2.27. The molecule has 0 aromatic rings. The molecule has 2 N–H and O–H groups in total. The van der Waals surface area contributed by atoms with Crippen molar-refractivity contribution in [2.24, 2.45) is 0 Å². The third-order valence-electron chi connectivity index (χ3n) is 1.11. The second-order valence-electron chi connectivity index (χ2n) is 2.36. The Balaban J connectivity index is 4.86. The first-order chi connectivity index (χ1) is 6.62. The highest BCUT2D eigenvalue weighted by atomic mass is 16.5. The van der Waals surface area contributed by atoms with Gasteiger partial charge in [0.15, 0.2) is 0 Å². The molecule has 1 unspecified atom stereocenters. The molecule has 0 aliphatic carbocycles. The maximum Gasteiger partial charge on any atom is 0.308 e. The molecule has 5 heteroatoms. The Kier molecular flexibility index (Phi) is 2.17. The molecule has 0 saturated carbocycles. The van der Waals surface area contributed by atoms with Crippen LogP contribution in [0.5, 0.6) is 0 Å². The first-order valence-corrected chi connectivity index (χ1v) is 3.13. The number of aliphatic carboxylic acids is 1. The van der Waals surface area contributed by atoms with Crippen molar-refractivity contribution in [1.29, 1.82) is 0 Å². The maximum atomic E-state index is 10.8. The van der Waals surface area contributed by atoms with Crippen LogP contribution < -0.4 is 0 Å². The van der Waals surface area contributed by atoms with Crippen LogP contribution in [0.2, 0.25) is 0 Å². The van der Waals surface area contributed by atoms with E-state index in [-0.39, 0.29) is 0 Å². The van der Waals surface area contributed by atoms with E-state index in [9.17, 15) is 14.7 Å². The van der Waals surface area contributed by atoms with Gasteiger partial charge in [-0.25, -0.2) is 0 Å². The van der Waals surface area contributed by atoms with Crippen LogP contribution in [-0.4, -0.2) is 34.9 Å². The van der Waals surface area contributed by atoms with Crippen molar-refractivity contribution in [3.8, 4) is 0 Å². The number of aliphatic hydroxyl groups is 1. The largest absolute Gasteiger partial charge is 0.481 e. The summed E-state index contributed by atoms with van der Waals surface area (Å²) in [4.78, 5) is 21.2. The van der Waals surface area contributed by atoms with Crippen LogP contribution in [-0.2, 0) is 14.3 Å². The maximum absolute atomic E-state index is 10.8. The van der Waals surface area contributed by atoms with Crippen LogP contribution in [0.1, 0.15) is 23.8 Å². The van der Waals surface area contributed by atoms with Gasteiger partial charge in [-0.15, -0.1) is 0 Å². The quantitative estimate of drug-likeness (QED) is 0.582. The number of carboxylic acid groups (broad SMARTS) is 1. The van der Waals surface area contributed by atoms with E-state index < -0.39 is 37.2 Å². The van der Waals surface area contributed by atoms with Crippen LogP contribution in [0.15, 0.2) is 0 Å². The van der Waals surface area contributed by atoms with E-state index in [2.05, 4.69) is 4.74 Å². The lowest BCUT2D eigenvalue weighted by Gasteiger charge is -2.18. The van der Waals surface area contributed by atoms with Crippen molar-refractivity contribution >= 4 is 11.9 Å². The predicted molar refractivity (Wildman–Crippen MR) is 39.5 cm³/mol. The minimum Gasteiger partial charge on any atom is -0.481 e. The summed E-state index contributed by atoms with van der Waals surface area (Å²) in [6.45, 7) is -2.96. The molecule has 0 rings (SSSR count). The molecule has 12 heavy (non-hydrogen) atoms. The summed E-state index contributed by atoms with van der Waals surface area (Å²) in [5.41, 5.74) is -2.59. The lowest BCUT2D eigenvalue weighted by molar-refractivity contribution is -0.149. The van der Waals surface area contributed by atoms with Crippen molar-refractivity contribution in [2.45, 2.75) is 25.3 Å². The van der Waals surface area contributed by atoms with Gasteiger partial charge in [-0.2, -0.15) is 0 Å². The molecule has 0 aromatic heterocycles. The molecular formula is C7H12O5. The van der Waals surface area contributed by atoms with Crippen LogP contribution >= 0.6 is 0 Å². The number of rotatable bonds is 4. The Labute approximate surface area is 74.2 Å². The number of hydrogen-bond donors (Lipinski definition) is 2. The minimum absolute atomic E-state index is 0.883. The summed E-state index contributed by atoms with van der Waals surface area (Å²) in [5.74, 6) is -2.48. The summed E-state index contributed by atoms with van der Waals surface area (Å²) in [6, 6.07) is 0. The second-order valence-corrected chi connectivity index (χ2v) is 2.36. The zero-order valence-electron chi connectivity index (χ0n) is 9.53. The van der Waals surface area contributed by atoms with Crippen molar-refractivity contribution in [1.82, 2.24) is 0 Å². The average Bonchev–Trinajstić information content (AvgIpc) is 2.00. The topological polar surface area (TPSA) is 83.8 Å². The Morgan fingerprint density at radius 3 is 2.50 bits per heavy atom. The van der Waals surface area contributed by atoms with Gasteiger partial charge in [0.25, 0.3) is 0 Å². The highest BCUT2D eigenvalue weighted by Crippen LogP contribution is 2.14. The zero-order chi connectivity index (χ0) is 12.3. The summed E-state index contributed by atoms with van der Waals surface area (Å²) in [7, 11) is 1.02. The molecule has 0 aliphatic rings. The zero-order valence-corrected chi connectivity index (χ0v) is 6.53. The summed E-state index contributed by atoms with van der Waals surface area (Å²) in [6.07, 6.45) is -1.93. The van der Waals surface area contributed by atoms with Gasteiger partial charge < -0.3 is 14.9 Å². The highest BCUT2D eigenvalue weighted by molar-refractivity contribution is 5.73. The fourth-order valence-electron chi connectivity index (χ4n) is 0.624. The van der Waals surface area contributed by atoms with Crippen molar-refractivity contribution in [3.05, 3.63) is 0 Å². The second kappa shape index (κ2) is 4.06. The van der Waals surface area contributed by atoms with E-state index in [1.54, 1.807) is 0 Å². The van der Waals surface area contributed by atoms with Crippen molar-refractivity contribution in [2.75, 3.05) is 7.11 Å². The van der Waals surface area contributed by atoms with Crippen molar-refractivity contribution < 1.29 is 28.7 Å². The van der Waals surface area contributed by atoms with E-state index in [4.69, 9.17) is 9.22 Å². The van der Waals surface area contributed by atoms with E-state index in [0.29, 0.717) is 0 Å². The molecule has 5 nitrogen and oxygen atoms in total. The first-order valence-electron chi connectivity index (χ1n) is 4.63. The third-order valence-corrected chi connectivity index (χ3v) is 1.11. The SMILES string of the molecule is [2H]C([2H])([2H])C(O)(CC(=O)O)CC(=O)OC. The van der Waals surface area contributed by atoms with Crippen LogP contribution in [0.3, 0.4) is 0 Å². The molecule has 0 amide bonds. The molecule has 0 heterocycles. The summed E-state index contributed by atoms with van der Waals surface area (Å²) < 4.78 is 25.1. The van der Waals surface area contributed by atoms with Crippen LogP contribution in [0.25, 0.3) is 0 Å². The Morgan fingerprint density at radius 1 is 1.58 bits per heavy atom. The molecular weight excluding hydrogens is 164 g/mol. The number of carboxylic acids is 1. The lowest BCUT2D eigenvalue weighted by Crippen LogP contribution is -2.31. The number of carbonyl (C=O) groups is 2. The average molecular weight is 179 g/mol. The number of hydrogen-bond acceptors (Lipinski definition) is 4. The van der Waals surface area contributed by atoms with Crippen LogP contribution in [0.4, 0.5) is 0 Å². The predicted octanol–water partition coefficient (Wildman–Crippen LogP) is -0.225. The first kappa shape index (κ1) is 6.42. The monoisotopic (exact) mass is 179 g/mol. The van der Waals surface area contributed by atoms with Gasteiger partial charge in [0.1, 0.15) is 0 Å². The van der Waals surface area contributed by atoms with Crippen LogP contribution in [0, 0.1) is 0 Å². The van der Waals surface area contributed by atoms with E-state index in [0.717, 1.165) is 7.11 Å². The Morgan fingerprint density at radius 2 is 2.17 bits per heavy atom. The van der Waals surface area contributed by atoms with Gasteiger partial charge in [-0.3, -0.25) is 9.59 Å². The normalized spacial score (nSPS) is 19.7. The fourth-order valence-corrected chi connectivity index (χ4v) is 0.624. The van der Waals surface area contributed by atoms with E-state index in [1.165, 1.54) is 0 Å². The minimum atomic E-state index is -2.96. The summed E-state index contributed by atoms with van der Waals surface area (Å²) >= 11 is 0. The van der Waals surface area contributed by atoms with E-state index >= 15 is 0 Å².